The predicted molar refractivity (Wildman–Crippen MR) is 122 cm³/mol. The number of aromatic nitrogens is 4. The first-order chi connectivity index (χ1) is 14.7. The number of rotatable bonds is 2. The van der Waals surface area contributed by atoms with Crippen molar-refractivity contribution in [2.75, 3.05) is 0 Å². The summed E-state index contributed by atoms with van der Waals surface area (Å²) in [6.07, 6.45) is 11.0. The van der Waals surface area contributed by atoms with Gasteiger partial charge in [0, 0.05) is 57.0 Å². The van der Waals surface area contributed by atoms with E-state index in [4.69, 9.17) is 0 Å². The number of H-pyrrole nitrogens is 2. The van der Waals surface area contributed by atoms with E-state index in [0.717, 1.165) is 11.3 Å². The van der Waals surface area contributed by atoms with Gasteiger partial charge in [0.15, 0.2) is 0 Å². The minimum absolute atomic E-state index is 0. The third-order valence-electron chi connectivity index (χ3n) is 4.63. The second-order valence-electron chi connectivity index (χ2n) is 6.95. The Morgan fingerprint density at radius 3 is 1.97 bits per heavy atom. The van der Waals surface area contributed by atoms with Crippen molar-refractivity contribution < 1.29 is 20.1 Å². The first-order valence-corrected chi connectivity index (χ1v) is 9.83. The van der Waals surface area contributed by atoms with Crippen molar-refractivity contribution in [2.24, 2.45) is 4.99 Å². The van der Waals surface area contributed by atoms with Gasteiger partial charge in [-0.05, 0) is 55.3 Å². The van der Waals surface area contributed by atoms with Crippen LogP contribution < -0.4 is 0 Å². The van der Waals surface area contributed by atoms with Crippen LogP contribution in [0.1, 0.15) is 33.7 Å². The van der Waals surface area contributed by atoms with Crippen LogP contribution in [0.4, 0.5) is 0 Å². The molecule has 161 valence electrons. The monoisotopic (exact) mass is 589 g/mol. The molecule has 1 aliphatic rings. The summed E-state index contributed by atoms with van der Waals surface area (Å²) in [4.78, 5) is 4.57. The predicted octanol–water partition coefficient (Wildman–Crippen LogP) is 5.33. The van der Waals surface area contributed by atoms with Gasteiger partial charge in [-0.25, -0.2) is 0 Å². The van der Waals surface area contributed by atoms with E-state index in [1.807, 2.05) is 36.5 Å². The fraction of sp³-hybridized carbons (Fsp3) is 0.160. The Kier molecular flexibility index (Phi) is 9.81. The van der Waals surface area contributed by atoms with Crippen molar-refractivity contribution in [1.82, 2.24) is 20.4 Å². The zero-order valence-electron chi connectivity index (χ0n) is 17.8. The SMILES string of the molecule is Cc1cc(C)c(C2C=CN=C2c2[c-]cccc2)c(C)c1.[Ir].c1cn[nH]c1.c1cn[nH]c1. The third-order valence-corrected chi connectivity index (χ3v) is 4.63. The van der Waals surface area contributed by atoms with E-state index in [1.165, 1.54) is 22.3 Å². The molecular weight excluding hydrogens is 563 g/mol. The van der Waals surface area contributed by atoms with Crippen molar-refractivity contribution in [3.05, 3.63) is 119 Å². The Hall–Kier alpha value is -3.08. The number of nitrogens with one attached hydrogen (secondary N) is 2. The Morgan fingerprint density at radius 1 is 0.871 bits per heavy atom. The van der Waals surface area contributed by atoms with Gasteiger partial charge in [-0.1, -0.05) is 23.8 Å². The molecule has 0 saturated carbocycles. The second-order valence-corrected chi connectivity index (χ2v) is 6.95. The van der Waals surface area contributed by atoms with Crippen LogP contribution in [0.15, 0.2) is 90.6 Å². The summed E-state index contributed by atoms with van der Waals surface area (Å²) in [6, 6.07) is 19.5. The molecular formula is C25H26IrN5-. The molecule has 0 fully saturated rings. The van der Waals surface area contributed by atoms with Crippen molar-refractivity contribution in [3.63, 3.8) is 0 Å². The molecule has 0 amide bonds. The number of hydrogen-bond acceptors (Lipinski definition) is 3. The molecule has 3 heterocycles. The average Bonchev–Trinajstić information content (AvgIpc) is 3.54. The number of nitrogens with zero attached hydrogens (tertiary/aromatic N) is 3. The van der Waals surface area contributed by atoms with E-state index < -0.39 is 0 Å². The van der Waals surface area contributed by atoms with Crippen LogP contribution in [-0.4, -0.2) is 26.1 Å². The summed E-state index contributed by atoms with van der Waals surface area (Å²) in [6.45, 7) is 6.52. The molecule has 2 aromatic carbocycles. The van der Waals surface area contributed by atoms with Crippen LogP contribution in [0.5, 0.6) is 0 Å². The van der Waals surface area contributed by atoms with Gasteiger partial charge < -0.3 is 4.99 Å². The molecule has 6 heteroatoms. The first kappa shape index (κ1) is 24.2. The van der Waals surface area contributed by atoms with E-state index in [1.54, 1.807) is 24.8 Å². The molecule has 4 aromatic rings. The molecule has 2 N–H and O–H groups in total. The molecule has 1 unspecified atom stereocenters. The maximum absolute atomic E-state index is 4.57. The first-order valence-electron chi connectivity index (χ1n) is 9.83. The summed E-state index contributed by atoms with van der Waals surface area (Å²) in [5.41, 5.74) is 7.55. The fourth-order valence-corrected chi connectivity index (χ4v) is 3.52. The molecule has 1 aliphatic heterocycles. The van der Waals surface area contributed by atoms with Crippen LogP contribution >= 0.6 is 0 Å². The molecule has 0 spiro atoms. The maximum atomic E-state index is 4.57. The van der Waals surface area contributed by atoms with Crippen LogP contribution in [-0.2, 0) is 20.1 Å². The number of allylic oxidation sites excluding steroid dienone is 1. The Balaban J connectivity index is 0.000000254. The molecule has 31 heavy (non-hydrogen) atoms. The van der Waals surface area contributed by atoms with Crippen LogP contribution in [0.25, 0.3) is 0 Å². The largest absolute Gasteiger partial charge is 0.308 e. The number of benzene rings is 2. The van der Waals surface area contributed by atoms with Gasteiger partial charge in [0.2, 0.25) is 0 Å². The minimum Gasteiger partial charge on any atom is -0.308 e. The molecule has 2 aromatic heterocycles. The Labute approximate surface area is 197 Å². The number of aromatic amines is 2. The molecule has 0 saturated heterocycles. The Bertz CT molecular complexity index is 985. The van der Waals surface area contributed by atoms with Gasteiger partial charge in [-0.15, -0.1) is 35.9 Å². The van der Waals surface area contributed by atoms with Crippen LogP contribution in [0, 0.1) is 26.8 Å². The van der Waals surface area contributed by atoms with Crippen molar-refractivity contribution in [1.29, 1.82) is 0 Å². The van der Waals surface area contributed by atoms with Crippen LogP contribution in [0.2, 0.25) is 0 Å². The summed E-state index contributed by atoms with van der Waals surface area (Å²) >= 11 is 0. The zero-order chi connectivity index (χ0) is 21.2. The maximum Gasteiger partial charge on any atom is 0.0487 e. The van der Waals surface area contributed by atoms with E-state index in [2.05, 4.69) is 76.5 Å². The standard InChI is InChI=1S/C19H18N.2C3H4N2.Ir/c1-13-11-14(2)18(15(3)12-13)17-9-10-20-19(17)16-7-5-4-6-8-16;2*1-2-4-5-3-1;/h4-7,9-12,17H,1-3H3;2*1-3H,(H,4,5);/q-1;;;. The van der Waals surface area contributed by atoms with E-state index >= 15 is 0 Å². The van der Waals surface area contributed by atoms with Gasteiger partial charge in [-0.2, -0.15) is 10.2 Å². The zero-order valence-corrected chi connectivity index (χ0v) is 20.2. The molecule has 5 rings (SSSR count). The molecule has 0 aliphatic carbocycles. The number of aliphatic imine (C=N–C) groups is 1. The number of aryl methyl sites for hydroxylation is 3. The van der Waals surface area contributed by atoms with Crippen molar-refractivity contribution >= 4 is 5.71 Å². The van der Waals surface area contributed by atoms with E-state index in [-0.39, 0.29) is 26.0 Å². The van der Waals surface area contributed by atoms with Gasteiger partial charge in [0.05, 0.1) is 0 Å². The summed E-state index contributed by atoms with van der Waals surface area (Å²) in [7, 11) is 0. The fourth-order valence-electron chi connectivity index (χ4n) is 3.52. The summed E-state index contributed by atoms with van der Waals surface area (Å²) in [5.74, 6) is 0.245. The van der Waals surface area contributed by atoms with Crippen molar-refractivity contribution in [3.8, 4) is 0 Å². The summed E-state index contributed by atoms with van der Waals surface area (Å²) < 4.78 is 0. The molecule has 5 nitrogen and oxygen atoms in total. The average molecular weight is 589 g/mol. The minimum atomic E-state index is 0. The molecule has 1 radical (unpaired) electrons. The quantitative estimate of drug-likeness (QED) is 0.311. The normalized spacial score (nSPS) is 13.8. The van der Waals surface area contributed by atoms with E-state index in [0.29, 0.717) is 0 Å². The smallest absolute Gasteiger partial charge is 0.0487 e. The van der Waals surface area contributed by atoms with Gasteiger partial charge >= 0.3 is 0 Å². The topological polar surface area (TPSA) is 69.7 Å². The van der Waals surface area contributed by atoms with Gasteiger partial charge in [0.25, 0.3) is 0 Å². The molecule has 1 atom stereocenters. The third kappa shape index (κ3) is 6.99. The van der Waals surface area contributed by atoms with Gasteiger partial charge in [0.1, 0.15) is 0 Å². The van der Waals surface area contributed by atoms with Gasteiger partial charge in [-0.3, -0.25) is 10.2 Å². The molecule has 0 bridgehead atoms. The summed E-state index contributed by atoms with van der Waals surface area (Å²) in [5, 5.41) is 12.4. The van der Waals surface area contributed by atoms with Crippen molar-refractivity contribution in [2.45, 2.75) is 26.7 Å². The second kappa shape index (κ2) is 12.6. The van der Waals surface area contributed by atoms with Crippen LogP contribution in [0.3, 0.4) is 0 Å². The van der Waals surface area contributed by atoms with E-state index in [9.17, 15) is 0 Å². The number of hydrogen-bond donors (Lipinski definition) is 2. The Morgan fingerprint density at radius 2 is 1.52 bits per heavy atom.